The van der Waals surface area contributed by atoms with Gasteiger partial charge < -0.3 is 4.74 Å². The summed E-state index contributed by atoms with van der Waals surface area (Å²) in [6.45, 7) is 3.86. The highest BCUT2D eigenvalue weighted by molar-refractivity contribution is 7.89. The number of sulfonamides is 1. The number of ether oxygens (including phenoxy) is 1. The molecule has 5 heteroatoms. The molecular formula is C14H19NO3S. The van der Waals surface area contributed by atoms with Crippen LogP contribution in [0.1, 0.15) is 18.9 Å². The number of allylic oxidation sites excluding steroid dienone is 1. The minimum atomic E-state index is -3.37. The normalized spacial score (nSPS) is 17.9. The largest absolute Gasteiger partial charge is 0.379 e. The summed E-state index contributed by atoms with van der Waals surface area (Å²) in [5, 5.41) is 0. The number of hydrogen-bond donors (Lipinski definition) is 0. The molecule has 0 bridgehead atoms. The van der Waals surface area contributed by atoms with Crippen LogP contribution in [-0.2, 0) is 14.8 Å². The van der Waals surface area contributed by atoms with E-state index >= 15 is 0 Å². The summed E-state index contributed by atoms with van der Waals surface area (Å²) in [7, 11) is -3.37. The van der Waals surface area contributed by atoms with Crippen molar-refractivity contribution in [1.29, 1.82) is 0 Å². The molecular weight excluding hydrogens is 262 g/mol. The van der Waals surface area contributed by atoms with Gasteiger partial charge in [-0.25, -0.2) is 8.42 Å². The SMILES string of the molecule is CC/C=C/c1ccc(S(=O)(=O)N2CCOCC2)cc1. The predicted molar refractivity (Wildman–Crippen MR) is 75.3 cm³/mol. The summed E-state index contributed by atoms with van der Waals surface area (Å²) >= 11 is 0. The molecule has 1 aromatic carbocycles. The fourth-order valence-electron chi connectivity index (χ4n) is 1.94. The van der Waals surface area contributed by atoms with Crippen molar-refractivity contribution in [1.82, 2.24) is 4.31 Å². The Morgan fingerprint density at radius 1 is 1.21 bits per heavy atom. The van der Waals surface area contributed by atoms with Gasteiger partial charge in [0, 0.05) is 13.1 Å². The Balaban J connectivity index is 2.18. The van der Waals surface area contributed by atoms with Crippen LogP contribution in [-0.4, -0.2) is 39.0 Å². The lowest BCUT2D eigenvalue weighted by atomic mass is 10.2. The first kappa shape index (κ1) is 14.2. The average molecular weight is 281 g/mol. The van der Waals surface area contributed by atoms with Crippen molar-refractivity contribution >= 4 is 16.1 Å². The van der Waals surface area contributed by atoms with E-state index in [4.69, 9.17) is 4.74 Å². The predicted octanol–water partition coefficient (Wildman–Crippen LogP) is 2.13. The van der Waals surface area contributed by atoms with Crippen molar-refractivity contribution < 1.29 is 13.2 Å². The monoisotopic (exact) mass is 281 g/mol. The van der Waals surface area contributed by atoms with Crippen LogP contribution in [0.3, 0.4) is 0 Å². The van der Waals surface area contributed by atoms with Crippen molar-refractivity contribution in [3.05, 3.63) is 35.9 Å². The molecule has 0 aromatic heterocycles. The average Bonchev–Trinajstić information content (AvgIpc) is 2.46. The van der Waals surface area contributed by atoms with E-state index < -0.39 is 10.0 Å². The van der Waals surface area contributed by atoms with Gasteiger partial charge >= 0.3 is 0 Å². The van der Waals surface area contributed by atoms with Gasteiger partial charge in [0.25, 0.3) is 0 Å². The number of benzene rings is 1. The van der Waals surface area contributed by atoms with Gasteiger partial charge in [-0.3, -0.25) is 0 Å². The van der Waals surface area contributed by atoms with Gasteiger partial charge in [0.1, 0.15) is 0 Å². The molecule has 0 unspecified atom stereocenters. The van der Waals surface area contributed by atoms with Crippen molar-refractivity contribution in [2.45, 2.75) is 18.2 Å². The van der Waals surface area contributed by atoms with Crippen molar-refractivity contribution in [3.8, 4) is 0 Å². The molecule has 0 N–H and O–H groups in total. The molecule has 0 amide bonds. The molecule has 0 radical (unpaired) electrons. The quantitative estimate of drug-likeness (QED) is 0.849. The lowest BCUT2D eigenvalue weighted by Gasteiger charge is -2.26. The van der Waals surface area contributed by atoms with E-state index in [1.165, 1.54) is 4.31 Å². The third-order valence-corrected chi connectivity index (χ3v) is 4.95. The maximum Gasteiger partial charge on any atom is 0.243 e. The minimum Gasteiger partial charge on any atom is -0.379 e. The summed E-state index contributed by atoms with van der Waals surface area (Å²) in [5.74, 6) is 0. The van der Waals surface area contributed by atoms with Crippen molar-refractivity contribution in [2.75, 3.05) is 26.3 Å². The van der Waals surface area contributed by atoms with Crippen LogP contribution in [0.2, 0.25) is 0 Å². The highest BCUT2D eigenvalue weighted by Gasteiger charge is 2.25. The van der Waals surface area contributed by atoms with Gasteiger partial charge in [-0.15, -0.1) is 0 Å². The summed E-state index contributed by atoms with van der Waals surface area (Å²) in [6.07, 6.45) is 5.00. The van der Waals surface area contributed by atoms with Crippen LogP contribution >= 0.6 is 0 Å². The maximum absolute atomic E-state index is 12.4. The smallest absolute Gasteiger partial charge is 0.243 e. The zero-order chi connectivity index (χ0) is 13.7. The molecule has 1 saturated heterocycles. The lowest BCUT2D eigenvalue weighted by molar-refractivity contribution is 0.0730. The molecule has 0 aliphatic carbocycles. The molecule has 0 atom stereocenters. The van der Waals surface area contributed by atoms with E-state index in [-0.39, 0.29) is 0 Å². The maximum atomic E-state index is 12.4. The molecule has 0 saturated carbocycles. The first-order chi connectivity index (χ1) is 9.14. The Kier molecular flexibility index (Phi) is 4.74. The van der Waals surface area contributed by atoms with Crippen LogP contribution in [0.4, 0.5) is 0 Å². The molecule has 1 aliphatic rings. The van der Waals surface area contributed by atoms with Gasteiger partial charge in [0.2, 0.25) is 10.0 Å². The van der Waals surface area contributed by atoms with Crippen molar-refractivity contribution in [3.63, 3.8) is 0 Å². The number of hydrogen-bond acceptors (Lipinski definition) is 3. The van der Waals surface area contributed by atoms with Crippen LogP contribution in [0.15, 0.2) is 35.2 Å². The summed E-state index contributed by atoms with van der Waals surface area (Å²) in [6, 6.07) is 7.00. The molecule has 4 nitrogen and oxygen atoms in total. The van der Waals surface area contributed by atoms with E-state index in [2.05, 4.69) is 6.92 Å². The van der Waals surface area contributed by atoms with Crippen LogP contribution in [0.5, 0.6) is 0 Å². The Labute approximate surface area is 114 Å². The standard InChI is InChI=1S/C14H19NO3S/c1-2-3-4-13-5-7-14(8-6-13)19(16,17)15-9-11-18-12-10-15/h3-8H,2,9-12H2,1H3/b4-3+. The number of morpholine rings is 1. The lowest BCUT2D eigenvalue weighted by Crippen LogP contribution is -2.40. The summed E-state index contributed by atoms with van der Waals surface area (Å²) < 4.78 is 31.4. The van der Waals surface area contributed by atoms with Gasteiger partial charge in [-0.1, -0.05) is 31.2 Å². The molecule has 1 heterocycles. The van der Waals surface area contributed by atoms with Gasteiger partial charge in [0.15, 0.2) is 0 Å². The summed E-state index contributed by atoms with van der Waals surface area (Å²) in [5.41, 5.74) is 1.02. The molecule has 1 aromatic rings. The topological polar surface area (TPSA) is 46.6 Å². The summed E-state index contributed by atoms with van der Waals surface area (Å²) in [4.78, 5) is 0.350. The van der Waals surface area contributed by atoms with E-state index in [9.17, 15) is 8.42 Å². The van der Waals surface area contributed by atoms with E-state index in [0.29, 0.717) is 31.2 Å². The van der Waals surface area contributed by atoms with E-state index in [1.54, 1.807) is 12.1 Å². The highest BCUT2D eigenvalue weighted by atomic mass is 32.2. The Hall–Kier alpha value is -1.17. The Morgan fingerprint density at radius 3 is 2.42 bits per heavy atom. The van der Waals surface area contributed by atoms with Crippen LogP contribution in [0.25, 0.3) is 6.08 Å². The zero-order valence-electron chi connectivity index (χ0n) is 11.1. The van der Waals surface area contributed by atoms with Gasteiger partial charge in [0.05, 0.1) is 18.1 Å². The molecule has 19 heavy (non-hydrogen) atoms. The van der Waals surface area contributed by atoms with Gasteiger partial charge in [-0.05, 0) is 24.1 Å². The molecule has 1 fully saturated rings. The molecule has 104 valence electrons. The third kappa shape index (κ3) is 3.43. The zero-order valence-corrected chi connectivity index (χ0v) is 11.9. The fourth-order valence-corrected chi connectivity index (χ4v) is 3.35. The Bertz CT molecular complexity index is 528. The second kappa shape index (κ2) is 6.32. The Morgan fingerprint density at radius 2 is 1.84 bits per heavy atom. The van der Waals surface area contributed by atoms with Gasteiger partial charge in [-0.2, -0.15) is 4.31 Å². The first-order valence-electron chi connectivity index (χ1n) is 6.49. The van der Waals surface area contributed by atoms with E-state index in [0.717, 1.165) is 12.0 Å². The van der Waals surface area contributed by atoms with E-state index in [1.807, 2.05) is 24.3 Å². The fraction of sp³-hybridized carbons (Fsp3) is 0.429. The van der Waals surface area contributed by atoms with Crippen LogP contribution < -0.4 is 0 Å². The highest BCUT2D eigenvalue weighted by Crippen LogP contribution is 2.18. The molecule has 0 spiro atoms. The second-order valence-electron chi connectivity index (χ2n) is 4.40. The van der Waals surface area contributed by atoms with Crippen LogP contribution in [0, 0.1) is 0 Å². The first-order valence-corrected chi connectivity index (χ1v) is 7.93. The third-order valence-electron chi connectivity index (χ3n) is 3.03. The minimum absolute atomic E-state index is 0.350. The van der Waals surface area contributed by atoms with Crippen molar-refractivity contribution in [2.24, 2.45) is 0 Å². The number of rotatable bonds is 4. The number of nitrogens with zero attached hydrogens (tertiary/aromatic N) is 1. The second-order valence-corrected chi connectivity index (χ2v) is 6.33. The molecule has 1 aliphatic heterocycles. The molecule has 2 rings (SSSR count).